The average Bonchev–Trinajstić information content (AvgIpc) is 2.49. The number of benzene rings is 1. The summed E-state index contributed by atoms with van der Waals surface area (Å²) in [6.07, 6.45) is 5.72. The summed E-state index contributed by atoms with van der Waals surface area (Å²) in [6, 6.07) is 5.32. The molecule has 0 unspecified atom stereocenters. The van der Waals surface area contributed by atoms with Crippen LogP contribution in [0, 0.1) is 0 Å². The van der Waals surface area contributed by atoms with Gasteiger partial charge in [0, 0.05) is 12.7 Å². The standard InChI is InChI=1S/C15H15Cl2NO2.C2H6/c1-18(15-11(16)6-4-7-12(15)17)13-8-3-2-5-10(13)9-14(19)20;1-2/h4-8H,2-3,9H2,1H3,(H,19,20);1-2H3. The van der Waals surface area contributed by atoms with E-state index in [1.165, 1.54) is 0 Å². The number of allylic oxidation sites excluding steroid dienone is 3. The van der Waals surface area contributed by atoms with E-state index in [0.717, 1.165) is 24.1 Å². The molecule has 0 fully saturated rings. The first kappa shape index (κ1) is 18.6. The van der Waals surface area contributed by atoms with Gasteiger partial charge in [0.2, 0.25) is 0 Å². The lowest BCUT2D eigenvalue weighted by molar-refractivity contribution is -0.136. The van der Waals surface area contributed by atoms with Crippen LogP contribution in [-0.4, -0.2) is 18.1 Å². The summed E-state index contributed by atoms with van der Waals surface area (Å²) in [5, 5.41) is 10.1. The number of hydrogen-bond donors (Lipinski definition) is 1. The fourth-order valence-corrected chi connectivity index (χ4v) is 2.97. The van der Waals surface area contributed by atoms with Gasteiger partial charge in [-0.3, -0.25) is 4.79 Å². The number of para-hydroxylation sites is 1. The minimum atomic E-state index is -0.845. The van der Waals surface area contributed by atoms with E-state index in [2.05, 4.69) is 0 Å². The molecule has 3 nitrogen and oxygen atoms in total. The molecule has 0 radical (unpaired) electrons. The van der Waals surface area contributed by atoms with Crippen LogP contribution in [0.2, 0.25) is 10.0 Å². The van der Waals surface area contributed by atoms with Crippen molar-refractivity contribution in [2.24, 2.45) is 0 Å². The van der Waals surface area contributed by atoms with Gasteiger partial charge < -0.3 is 10.0 Å². The highest BCUT2D eigenvalue weighted by Crippen LogP contribution is 2.37. The molecule has 1 aliphatic rings. The maximum absolute atomic E-state index is 11.0. The minimum absolute atomic E-state index is 0.00174. The Morgan fingerprint density at radius 2 is 1.73 bits per heavy atom. The second kappa shape index (κ2) is 8.86. The van der Waals surface area contributed by atoms with Crippen LogP contribution in [0.25, 0.3) is 0 Å². The Morgan fingerprint density at radius 3 is 2.27 bits per heavy atom. The van der Waals surface area contributed by atoms with Gasteiger partial charge in [0.1, 0.15) is 0 Å². The van der Waals surface area contributed by atoms with Crippen molar-refractivity contribution in [3.05, 3.63) is 51.7 Å². The van der Waals surface area contributed by atoms with E-state index < -0.39 is 5.97 Å². The Bertz CT molecular complexity index is 574. The van der Waals surface area contributed by atoms with Crippen LogP contribution in [-0.2, 0) is 4.79 Å². The number of anilines is 1. The summed E-state index contributed by atoms with van der Waals surface area (Å²) in [5.41, 5.74) is 2.34. The number of hydrogen-bond acceptors (Lipinski definition) is 2. The molecule has 120 valence electrons. The number of aliphatic carboxylic acids is 1. The fourth-order valence-electron chi connectivity index (χ4n) is 2.32. The summed E-state index contributed by atoms with van der Waals surface area (Å²) in [5.74, 6) is -0.845. The van der Waals surface area contributed by atoms with Crippen LogP contribution in [0.4, 0.5) is 5.69 Å². The van der Waals surface area contributed by atoms with Crippen molar-refractivity contribution in [3.8, 4) is 0 Å². The topological polar surface area (TPSA) is 40.5 Å². The molecule has 0 spiro atoms. The third kappa shape index (κ3) is 4.52. The Balaban J connectivity index is 0.00000116. The lowest BCUT2D eigenvalue weighted by atomic mass is 9.99. The predicted molar refractivity (Wildman–Crippen MR) is 93.9 cm³/mol. The van der Waals surface area contributed by atoms with Crippen LogP contribution in [0.3, 0.4) is 0 Å². The number of carboxylic acid groups (broad SMARTS) is 1. The van der Waals surface area contributed by atoms with Crippen molar-refractivity contribution in [3.63, 3.8) is 0 Å². The molecular weight excluding hydrogens is 321 g/mol. The molecule has 1 aliphatic carbocycles. The smallest absolute Gasteiger partial charge is 0.307 e. The van der Waals surface area contributed by atoms with E-state index in [0.29, 0.717) is 15.7 Å². The Labute approximate surface area is 141 Å². The Kier molecular flexibility index (Phi) is 7.49. The first-order valence-electron chi connectivity index (χ1n) is 7.30. The van der Waals surface area contributed by atoms with Crippen LogP contribution in [0.5, 0.6) is 0 Å². The first-order chi connectivity index (χ1) is 10.5. The number of rotatable bonds is 4. The lowest BCUT2D eigenvalue weighted by Gasteiger charge is -2.28. The van der Waals surface area contributed by atoms with Gasteiger partial charge in [-0.05, 0) is 30.5 Å². The molecule has 1 aromatic carbocycles. The van der Waals surface area contributed by atoms with Gasteiger partial charge in [-0.1, -0.05) is 55.3 Å². The van der Waals surface area contributed by atoms with Gasteiger partial charge in [-0.15, -0.1) is 0 Å². The highest BCUT2D eigenvalue weighted by molar-refractivity contribution is 6.39. The average molecular weight is 342 g/mol. The first-order valence-corrected chi connectivity index (χ1v) is 8.05. The van der Waals surface area contributed by atoms with E-state index in [4.69, 9.17) is 28.3 Å². The van der Waals surface area contributed by atoms with Gasteiger partial charge >= 0.3 is 5.97 Å². The molecule has 0 saturated carbocycles. The summed E-state index contributed by atoms with van der Waals surface area (Å²) >= 11 is 12.4. The zero-order valence-electron chi connectivity index (χ0n) is 13.1. The molecule has 0 atom stereocenters. The zero-order valence-corrected chi connectivity index (χ0v) is 14.6. The fraction of sp³-hybridized carbons (Fsp3) is 0.353. The van der Waals surface area contributed by atoms with E-state index >= 15 is 0 Å². The second-order valence-corrected chi connectivity index (χ2v) is 5.41. The third-order valence-electron chi connectivity index (χ3n) is 3.20. The number of likely N-dealkylation sites (N-methyl/N-ethyl adjacent to an activating group) is 1. The molecule has 1 aromatic rings. The van der Waals surface area contributed by atoms with Crippen LogP contribution >= 0.6 is 23.2 Å². The van der Waals surface area contributed by atoms with Crippen LogP contribution in [0.15, 0.2) is 41.6 Å². The molecule has 22 heavy (non-hydrogen) atoms. The molecule has 0 aliphatic heterocycles. The summed E-state index contributed by atoms with van der Waals surface area (Å²) in [6.45, 7) is 4.00. The molecule has 5 heteroatoms. The number of halogens is 2. The van der Waals surface area contributed by atoms with E-state index in [1.54, 1.807) is 18.2 Å². The van der Waals surface area contributed by atoms with Crippen LogP contribution < -0.4 is 4.90 Å². The number of nitrogens with zero attached hydrogens (tertiary/aromatic N) is 1. The predicted octanol–water partition coefficient (Wildman–Crippen LogP) is 5.53. The Hall–Kier alpha value is -1.45. The van der Waals surface area contributed by atoms with E-state index in [-0.39, 0.29) is 6.42 Å². The monoisotopic (exact) mass is 341 g/mol. The number of carbonyl (C=O) groups is 1. The largest absolute Gasteiger partial charge is 0.481 e. The molecule has 0 heterocycles. The van der Waals surface area contributed by atoms with Gasteiger partial charge in [-0.25, -0.2) is 0 Å². The highest BCUT2D eigenvalue weighted by atomic mass is 35.5. The van der Waals surface area contributed by atoms with Gasteiger partial charge in [0.25, 0.3) is 0 Å². The lowest BCUT2D eigenvalue weighted by Crippen LogP contribution is -2.21. The summed E-state index contributed by atoms with van der Waals surface area (Å²) in [4.78, 5) is 12.8. The van der Waals surface area contributed by atoms with E-state index in [1.807, 2.05) is 37.9 Å². The normalized spacial score (nSPS) is 13.5. The van der Waals surface area contributed by atoms with Gasteiger partial charge in [0.15, 0.2) is 0 Å². The summed E-state index contributed by atoms with van der Waals surface area (Å²) in [7, 11) is 1.85. The maximum atomic E-state index is 11.0. The molecule has 0 aromatic heterocycles. The third-order valence-corrected chi connectivity index (χ3v) is 3.81. The molecule has 1 N–H and O–H groups in total. The zero-order chi connectivity index (χ0) is 16.7. The van der Waals surface area contributed by atoms with Gasteiger partial charge in [0.05, 0.1) is 22.2 Å². The maximum Gasteiger partial charge on any atom is 0.307 e. The molecular formula is C17H21Cl2NO2. The number of carboxylic acids is 1. The minimum Gasteiger partial charge on any atom is -0.481 e. The van der Waals surface area contributed by atoms with Crippen molar-refractivity contribution >= 4 is 34.9 Å². The van der Waals surface area contributed by atoms with E-state index in [9.17, 15) is 4.79 Å². The highest BCUT2D eigenvalue weighted by Gasteiger charge is 2.20. The SMILES string of the molecule is CC.CN(C1=CCCC=C1CC(=O)O)c1c(Cl)cccc1Cl. The van der Waals surface area contributed by atoms with Crippen molar-refractivity contribution < 1.29 is 9.90 Å². The van der Waals surface area contributed by atoms with Crippen molar-refractivity contribution in [1.82, 2.24) is 0 Å². The van der Waals surface area contributed by atoms with Gasteiger partial charge in [-0.2, -0.15) is 0 Å². The van der Waals surface area contributed by atoms with Crippen molar-refractivity contribution in [2.75, 3.05) is 11.9 Å². The molecule has 0 bridgehead atoms. The molecule has 0 amide bonds. The quantitative estimate of drug-likeness (QED) is 0.781. The van der Waals surface area contributed by atoms with Crippen molar-refractivity contribution in [1.29, 1.82) is 0 Å². The second-order valence-electron chi connectivity index (χ2n) is 4.60. The molecule has 2 rings (SSSR count). The van der Waals surface area contributed by atoms with Crippen LogP contribution in [0.1, 0.15) is 33.1 Å². The van der Waals surface area contributed by atoms with Crippen molar-refractivity contribution in [2.45, 2.75) is 33.1 Å². The summed E-state index contributed by atoms with van der Waals surface area (Å²) < 4.78 is 0. The Morgan fingerprint density at radius 1 is 1.18 bits per heavy atom. The molecule has 0 saturated heterocycles.